The van der Waals surface area contributed by atoms with Crippen LogP contribution in [0.15, 0.2) is 12.3 Å². The van der Waals surface area contributed by atoms with Crippen LogP contribution in [0.25, 0.3) is 0 Å². The molecule has 2 rings (SSSR count). The molecule has 0 unspecified atom stereocenters. The topological polar surface area (TPSA) is 26.9 Å². The SMILES string of the molecule is CSn1ccc2c1N2. The number of nitrogens with zero attached hydrogens (tertiary/aromatic N) is 1. The van der Waals surface area contributed by atoms with Crippen LogP contribution in [0, 0.1) is 0 Å². The van der Waals surface area contributed by atoms with Crippen LogP contribution < -0.4 is 5.32 Å². The molecule has 1 aliphatic rings. The van der Waals surface area contributed by atoms with E-state index in [1.54, 1.807) is 11.9 Å². The molecule has 42 valence electrons. The van der Waals surface area contributed by atoms with Crippen molar-refractivity contribution in [1.82, 2.24) is 3.97 Å². The third-order valence-corrected chi connectivity index (χ3v) is 1.94. The fraction of sp³-hybridized carbons (Fsp3) is 0.200. The molecule has 0 aromatic carbocycles. The summed E-state index contributed by atoms with van der Waals surface area (Å²) in [6.45, 7) is 0. The number of rotatable bonds is 1. The number of aromatic nitrogens is 1. The Hall–Kier alpha value is -0.570. The van der Waals surface area contributed by atoms with E-state index in [-0.39, 0.29) is 0 Å². The molecular formula is C5H6N2S. The van der Waals surface area contributed by atoms with Gasteiger partial charge in [0.2, 0.25) is 0 Å². The lowest BCUT2D eigenvalue weighted by molar-refractivity contribution is 1.32. The lowest BCUT2D eigenvalue weighted by atomic mass is 10.7. The molecule has 1 aromatic rings. The summed E-state index contributed by atoms with van der Waals surface area (Å²) in [5.74, 6) is 1.26. The average molecular weight is 126 g/mol. The lowest BCUT2D eigenvalue weighted by Crippen LogP contribution is -1.78. The van der Waals surface area contributed by atoms with Gasteiger partial charge in [0.15, 0.2) is 0 Å². The quantitative estimate of drug-likeness (QED) is 0.588. The largest absolute Gasteiger partial charge is 0.336 e. The van der Waals surface area contributed by atoms with Gasteiger partial charge in [-0.1, -0.05) is 0 Å². The summed E-state index contributed by atoms with van der Waals surface area (Å²) < 4.78 is 2.11. The number of hydrogen-bond acceptors (Lipinski definition) is 2. The van der Waals surface area contributed by atoms with E-state index in [0.29, 0.717) is 0 Å². The van der Waals surface area contributed by atoms with Crippen molar-refractivity contribution in [2.45, 2.75) is 0 Å². The normalized spacial score (nSPS) is 12.6. The predicted octanol–water partition coefficient (Wildman–Crippen LogP) is 1.67. The highest BCUT2D eigenvalue weighted by atomic mass is 32.2. The van der Waals surface area contributed by atoms with E-state index in [1.165, 1.54) is 11.5 Å². The Morgan fingerprint density at radius 1 is 1.75 bits per heavy atom. The molecule has 3 heteroatoms. The van der Waals surface area contributed by atoms with Crippen molar-refractivity contribution < 1.29 is 0 Å². The number of anilines is 2. The van der Waals surface area contributed by atoms with E-state index in [0.717, 1.165) is 0 Å². The molecule has 0 bridgehead atoms. The average Bonchev–Trinajstić information content (AvgIpc) is 2.46. The van der Waals surface area contributed by atoms with Crippen molar-refractivity contribution in [1.29, 1.82) is 0 Å². The highest BCUT2D eigenvalue weighted by Crippen LogP contribution is 2.41. The molecule has 8 heavy (non-hydrogen) atoms. The van der Waals surface area contributed by atoms with Gasteiger partial charge in [0.05, 0.1) is 5.69 Å². The molecule has 0 radical (unpaired) electrons. The van der Waals surface area contributed by atoms with Crippen LogP contribution in [0.4, 0.5) is 11.5 Å². The van der Waals surface area contributed by atoms with Crippen LogP contribution >= 0.6 is 11.9 Å². The summed E-state index contributed by atoms with van der Waals surface area (Å²) in [5.41, 5.74) is 1.28. The van der Waals surface area contributed by atoms with Gasteiger partial charge in [-0.2, -0.15) is 0 Å². The standard InChI is InChI=1S/C5H6N2S/c1-8-7-3-2-4-5(7)6-4/h2-3,6H,1H3. The van der Waals surface area contributed by atoms with Crippen molar-refractivity contribution in [3.05, 3.63) is 12.3 Å². The van der Waals surface area contributed by atoms with Gasteiger partial charge < -0.3 is 5.32 Å². The van der Waals surface area contributed by atoms with E-state index in [1.807, 2.05) is 0 Å². The molecular weight excluding hydrogens is 120 g/mol. The lowest BCUT2D eigenvalue weighted by Gasteiger charge is -1.91. The molecule has 0 saturated heterocycles. The van der Waals surface area contributed by atoms with Crippen LogP contribution in [0.3, 0.4) is 0 Å². The third-order valence-electron chi connectivity index (χ3n) is 1.24. The molecule has 1 aliphatic heterocycles. The van der Waals surface area contributed by atoms with E-state index in [9.17, 15) is 0 Å². The van der Waals surface area contributed by atoms with Crippen molar-refractivity contribution >= 4 is 23.5 Å². The zero-order chi connectivity index (χ0) is 5.56. The highest BCUT2D eigenvalue weighted by Gasteiger charge is 2.19. The molecule has 1 N–H and O–H groups in total. The van der Waals surface area contributed by atoms with Gasteiger partial charge in [-0.25, -0.2) is 0 Å². The maximum absolute atomic E-state index is 3.12. The third kappa shape index (κ3) is 0.395. The van der Waals surface area contributed by atoms with Crippen LogP contribution in [0.1, 0.15) is 0 Å². The predicted molar refractivity (Wildman–Crippen MR) is 36.6 cm³/mol. The minimum absolute atomic E-state index is 1.26. The Morgan fingerprint density at radius 3 is 2.88 bits per heavy atom. The fourth-order valence-electron chi connectivity index (χ4n) is 0.760. The minimum Gasteiger partial charge on any atom is -0.336 e. The van der Waals surface area contributed by atoms with Crippen LogP contribution in [0.5, 0.6) is 0 Å². The van der Waals surface area contributed by atoms with Gasteiger partial charge in [0, 0.05) is 12.5 Å². The first-order chi connectivity index (χ1) is 3.92. The summed E-state index contributed by atoms with van der Waals surface area (Å²) in [7, 11) is 0. The molecule has 0 spiro atoms. The first-order valence-corrected chi connectivity index (χ1v) is 3.63. The van der Waals surface area contributed by atoms with Gasteiger partial charge in [0.25, 0.3) is 0 Å². The van der Waals surface area contributed by atoms with E-state index >= 15 is 0 Å². The zero-order valence-corrected chi connectivity index (χ0v) is 5.33. The number of nitrogens with one attached hydrogen (secondary N) is 1. The molecule has 0 fully saturated rings. The zero-order valence-electron chi connectivity index (χ0n) is 4.51. The Balaban J connectivity index is 2.48. The van der Waals surface area contributed by atoms with Gasteiger partial charge in [0.1, 0.15) is 5.82 Å². The Bertz CT molecular complexity index is 216. The van der Waals surface area contributed by atoms with E-state index < -0.39 is 0 Å². The smallest absolute Gasteiger partial charge is 0.144 e. The second-order valence-corrected chi connectivity index (χ2v) is 2.47. The van der Waals surface area contributed by atoms with Crippen LogP contribution in [0.2, 0.25) is 0 Å². The monoisotopic (exact) mass is 126 g/mol. The summed E-state index contributed by atoms with van der Waals surface area (Å²) in [5, 5.41) is 3.12. The fourth-order valence-corrected chi connectivity index (χ4v) is 1.27. The van der Waals surface area contributed by atoms with Gasteiger partial charge in [-0.3, -0.25) is 3.97 Å². The number of hydrogen-bond donors (Lipinski definition) is 1. The van der Waals surface area contributed by atoms with Crippen LogP contribution in [-0.2, 0) is 0 Å². The maximum Gasteiger partial charge on any atom is 0.144 e. The summed E-state index contributed by atoms with van der Waals surface area (Å²) in [6.07, 6.45) is 4.12. The first-order valence-electron chi connectivity index (χ1n) is 2.44. The Labute approximate surface area is 52.0 Å². The molecule has 0 atom stereocenters. The van der Waals surface area contributed by atoms with Gasteiger partial charge >= 0.3 is 0 Å². The summed E-state index contributed by atoms with van der Waals surface area (Å²) in [4.78, 5) is 0. The summed E-state index contributed by atoms with van der Waals surface area (Å²) >= 11 is 1.71. The van der Waals surface area contributed by atoms with E-state index in [4.69, 9.17) is 0 Å². The van der Waals surface area contributed by atoms with E-state index in [2.05, 4.69) is 27.8 Å². The first kappa shape index (κ1) is 4.32. The molecule has 1 aromatic heterocycles. The minimum atomic E-state index is 1.26. The molecule has 0 saturated carbocycles. The molecule has 2 heterocycles. The van der Waals surface area contributed by atoms with Gasteiger partial charge in [-0.15, -0.1) is 0 Å². The summed E-state index contributed by atoms with van der Waals surface area (Å²) in [6, 6.07) is 2.08. The molecule has 2 nitrogen and oxygen atoms in total. The second kappa shape index (κ2) is 1.23. The highest BCUT2D eigenvalue weighted by molar-refractivity contribution is 7.97. The van der Waals surface area contributed by atoms with Crippen LogP contribution in [-0.4, -0.2) is 10.2 Å². The maximum atomic E-state index is 3.12. The Morgan fingerprint density at radius 2 is 2.62 bits per heavy atom. The van der Waals surface area contributed by atoms with Gasteiger partial charge in [-0.05, 0) is 18.0 Å². The molecule has 0 amide bonds. The van der Waals surface area contributed by atoms with Crippen molar-refractivity contribution in [2.24, 2.45) is 0 Å². The van der Waals surface area contributed by atoms with Crippen molar-refractivity contribution in [3.8, 4) is 0 Å². The molecule has 0 aliphatic carbocycles. The second-order valence-electron chi connectivity index (χ2n) is 1.71. The number of fused-ring (bicyclic) bond motifs is 1. The van der Waals surface area contributed by atoms with Crippen molar-refractivity contribution in [2.75, 3.05) is 11.6 Å². The van der Waals surface area contributed by atoms with Crippen molar-refractivity contribution in [3.63, 3.8) is 0 Å². The Kier molecular flexibility index (Phi) is 0.663.